The lowest BCUT2D eigenvalue weighted by molar-refractivity contribution is 0.569. The number of hydrogen-bond acceptors (Lipinski definition) is 4. The highest BCUT2D eigenvalue weighted by atomic mass is 32.2. The second-order valence-electron chi connectivity index (χ2n) is 5.42. The normalized spacial score (nSPS) is 22.1. The second-order valence-corrected chi connectivity index (χ2v) is 7.96. The number of nitrogens with zero attached hydrogens (tertiary/aromatic N) is 2. The maximum Gasteiger partial charge on any atom is 0.156 e. The minimum atomic E-state index is -2.92. The van der Waals surface area contributed by atoms with Crippen molar-refractivity contribution in [3.05, 3.63) is 36.0 Å². The maximum atomic E-state index is 11.8. The summed E-state index contributed by atoms with van der Waals surface area (Å²) < 4.78 is 23.7. The second kappa shape index (κ2) is 4.74. The van der Waals surface area contributed by atoms with Crippen LogP contribution < -0.4 is 4.90 Å². The van der Waals surface area contributed by atoms with Crippen LogP contribution in [0.15, 0.2) is 30.5 Å². The third-order valence-electron chi connectivity index (χ3n) is 4.03. The van der Waals surface area contributed by atoms with E-state index in [1.165, 1.54) is 0 Å². The molecule has 20 heavy (non-hydrogen) atoms. The Labute approximate surface area is 119 Å². The third kappa shape index (κ3) is 2.16. The summed E-state index contributed by atoms with van der Waals surface area (Å²) in [7, 11) is -2.92. The Balaban J connectivity index is 2.06. The molecule has 5 heteroatoms. The Morgan fingerprint density at radius 2 is 2.10 bits per heavy atom. The van der Waals surface area contributed by atoms with Gasteiger partial charge in [0.15, 0.2) is 9.84 Å². The van der Waals surface area contributed by atoms with E-state index in [4.69, 9.17) is 0 Å². The molecular weight excluding hydrogens is 272 g/mol. The van der Waals surface area contributed by atoms with Crippen molar-refractivity contribution in [1.82, 2.24) is 4.98 Å². The largest absolute Gasteiger partial charge is 0.369 e. The Bertz CT molecular complexity index is 756. The molecule has 0 bridgehead atoms. The van der Waals surface area contributed by atoms with Crippen LogP contribution in [-0.4, -0.2) is 37.5 Å². The highest BCUT2D eigenvalue weighted by molar-refractivity contribution is 7.92. The Hall–Kier alpha value is -1.62. The number of aryl methyl sites for hydroxylation is 1. The van der Waals surface area contributed by atoms with Gasteiger partial charge in [0, 0.05) is 30.4 Å². The van der Waals surface area contributed by atoms with Crippen molar-refractivity contribution in [2.24, 2.45) is 0 Å². The van der Waals surface area contributed by atoms with Gasteiger partial charge in [0.05, 0.1) is 16.5 Å². The fraction of sp³-hybridized carbons (Fsp3) is 0.400. The zero-order valence-electron chi connectivity index (χ0n) is 11.7. The summed E-state index contributed by atoms with van der Waals surface area (Å²) in [6.07, 6.45) is 1.80. The average Bonchev–Trinajstić information content (AvgIpc) is 2.42. The Morgan fingerprint density at radius 3 is 2.85 bits per heavy atom. The van der Waals surface area contributed by atoms with Gasteiger partial charge in [0.2, 0.25) is 0 Å². The molecule has 3 rings (SSSR count). The van der Waals surface area contributed by atoms with Crippen molar-refractivity contribution < 1.29 is 8.42 Å². The number of aromatic nitrogens is 1. The van der Waals surface area contributed by atoms with Gasteiger partial charge in [-0.05, 0) is 25.5 Å². The molecule has 0 aliphatic carbocycles. The first-order chi connectivity index (χ1) is 9.49. The van der Waals surface area contributed by atoms with E-state index >= 15 is 0 Å². The summed E-state index contributed by atoms with van der Waals surface area (Å²) in [5.41, 5.74) is 3.22. The van der Waals surface area contributed by atoms with Crippen molar-refractivity contribution in [2.45, 2.75) is 19.1 Å². The van der Waals surface area contributed by atoms with E-state index in [1.54, 1.807) is 13.1 Å². The molecule has 0 spiro atoms. The van der Waals surface area contributed by atoms with Crippen LogP contribution in [0.1, 0.15) is 12.5 Å². The molecule has 1 aliphatic rings. The zero-order chi connectivity index (χ0) is 14.3. The van der Waals surface area contributed by atoms with Crippen molar-refractivity contribution in [2.75, 3.05) is 23.7 Å². The topological polar surface area (TPSA) is 50.3 Å². The number of pyridine rings is 1. The molecule has 1 fully saturated rings. The number of hydrogen-bond donors (Lipinski definition) is 0. The minimum absolute atomic E-state index is 0.226. The summed E-state index contributed by atoms with van der Waals surface area (Å²) in [5, 5.41) is 0.781. The maximum absolute atomic E-state index is 11.8. The summed E-state index contributed by atoms with van der Waals surface area (Å²) in [4.78, 5) is 6.60. The van der Waals surface area contributed by atoms with E-state index in [1.807, 2.05) is 25.1 Å². The number of fused-ring (bicyclic) bond motifs is 1. The molecule has 1 aromatic heterocycles. The first-order valence-electron chi connectivity index (χ1n) is 6.80. The predicted octanol–water partition coefficient (Wildman–Crippen LogP) is 2.17. The predicted molar refractivity (Wildman–Crippen MR) is 81.9 cm³/mol. The zero-order valence-corrected chi connectivity index (χ0v) is 12.5. The van der Waals surface area contributed by atoms with Gasteiger partial charge in [0.1, 0.15) is 0 Å². The molecule has 2 aromatic rings. The number of rotatable bonds is 1. The van der Waals surface area contributed by atoms with E-state index in [9.17, 15) is 8.42 Å². The van der Waals surface area contributed by atoms with Gasteiger partial charge >= 0.3 is 0 Å². The first-order valence-corrected chi connectivity index (χ1v) is 8.51. The summed E-state index contributed by atoms with van der Waals surface area (Å²) in [5.74, 6) is 0.226. The molecule has 106 valence electrons. The third-order valence-corrected chi connectivity index (χ3v) is 6.15. The van der Waals surface area contributed by atoms with Crippen LogP contribution in [0.25, 0.3) is 10.9 Å². The molecule has 1 aromatic carbocycles. The van der Waals surface area contributed by atoms with Gasteiger partial charge in [-0.1, -0.05) is 18.2 Å². The van der Waals surface area contributed by atoms with Crippen LogP contribution >= 0.6 is 0 Å². The number of benzene rings is 1. The van der Waals surface area contributed by atoms with Crippen molar-refractivity contribution in [3.63, 3.8) is 0 Å². The summed E-state index contributed by atoms with van der Waals surface area (Å²) >= 11 is 0. The van der Waals surface area contributed by atoms with Gasteiger partial charge in [-0.2, -0.15) is 0 Å². The lowest BCUT2D eigenvalue weighted by atomic mass is 10.1. The molecule has 2 heterocycles. The van der Waals surface area contributed by atoms with Crippen LogP contribution in [0, 0.1) is 6.92 Å². The van der Waals surface area contributed by atoms with Gasteiger partial charge in [-0.25, -0.2) is 8.42 Å². The number of anilines is 1. The average molecular weight is 290 g/mol. The minimum Gasteiger partial charge on any atom is -0.369 e. The number of para-hydroxylation sites is 1. The summed E-state index contributed by atoms with van der Waals surface area (Å²) in [6.45, 7) is 4.94. The fourth-order valence-electron chi connectivity index (χ4n) is 2.76. The van der Waals surface area contributed by atoms with E-state index in [0.717, 1.165) is 22.2 Å². The molecule has 0 radical (unpaired) electrons. The van der Waals surface area contributed by atoms with Crippen LogP contribution in [-0.2, 0) is 9.84 Å². The highest BCUT2D eigenvalue weighted by Crippen LogP contribution is 2.29. The molecule has 0 saturated carbocycles. The molecule has 1 aliphatic heterocycles. The van der Waals surface area contributed by atoms with Gasteiger partial charge in [0.25, 0.3) is 0 Å². The van der Waals surface area contributed by atoms with Crippen molar-refractivity contribution in [3.8, 4) is 0 Å². The van der Waals surface area contributed by atoms with E-state index in [2.05, 4.69) is 16.0 Å². The monoisotopic (exact) mass is 290 g/mol. The van der Waals surface area contributed by atoms with E-state index in [-0.39, 0.29) is 11.0 Å². The molecule has 1 unspecified atom stereocenters. The van der Waals surface area contributed by atoms with E-state index in [0.29, 0.717) is 13.1 Å². The van der Waals surface area contributed by atoms with Crippen LogP contribution in [0.5, 0.6) is 0 Å². The SMILES string of the molecule is Cc1cccc2c(N3CCS(=O)(=O)C(C)C3)ccnc12. The van der Waals surface area contributed by atoms with Crippen LogP contribution in [0.3, 0.4) is 0 Å². The van der Waals surface area contributed by atoms with Gasteiger partial charge < -0.3 is 4.90 Å². The molecule has 0 N–H and O–H groups in total. The standard InChI is InChI=1S/C15H18N2O2S/c1-11-4-3-5-13-14(6-7-16-15(11)13)17-8-9-20(18,19)12(2)10-17/h3-7,12H,8-10H2,1-2H3. The van der Waals surface area contributed by atoms with E-state index < -0.39 is 9.84 Å². The molecule has 4 nitrogen and oxygen atoms in total. The first kappa shape index (κ1) is 13.4. The van der Waals surface area contributed by atoms with Crippen molar-refractivity contribution >= 4 is 26.4 Å². The molecular formula is C15H18N2O2S. The molecule has 0 amide bonds. The van der Waals surface area contributed by atoms with Crippen LogP contribution in [0.4, 0.5) is 5.69 Å². The highest BCUT2D eigenvalue weighted by Gasteiger charge is 2.30. The molecule has 1 atom stereocenters. The molecule has 1 saturated heterocycles. The fourth-order valence-corrected chi connectivity index (χ4v) is 4.04. The number of sulfone groups is 1. The Morgan fingerprint density at radius 1 is 1.30 bits per heavy atom. The Kier molecular flexibility index (Phi) is 3.17. The van der Waals surface area contributed by atoms with Crippen molar-refractivity contribution in [1.29, 1.82) is 0 Å². The van der Waals surface area contributed by atoms with Gasteiger partial charge in [-0.15, -0.1) is 0 Å². The van der Waals surface area contributed by atoms with Crippen LogP contribution in [0.2, 0.25) is 0 Å². The summed E-state index contributed by atoms with van der Waals surface area (Å²) in [6, 6.07) is 8.10. The smallest absolute Gasteiger partial charge is 0.156 e. The quantitative estimate of drug-likeness (QED) is 0.807. The lowest BCUT2D eigenvalue weighted by Gasteiger charge is -2.33. The lowest BCUT2D eigenvalue weighted by Crippen LogP contribution is -2.45. The van der Waals surface area contributed by atoms with Gasteiger partial charge in [-0.3, -0.25) is 4.98 Å².